The van der Waals surface area contributed by atoms with Gasteiger partial charge in [0.2, 0.25) is 0 Å². The van der Waals surface area contributed by atoms with Crippen molar-refractivity contribution in [3.63, 3.8) is 0 Å². The Kier molecular flexibility index (Phi) is 6.19. The molecule has 2 heterocycles. The first-order valence-electron chi connectivity index (χ1n) is 6.76. The summed E-state index contributed by atoms with van der Waals surface area (Å²) in [5.41, 5.74) is 0. The van der Waals surface area contributed by atoms with E-state index in [0.717, 1.165) is 12.6 Å². The third-order valence-corrected chi connectivity index (χ3v) is 5.63. The van der Waals surface area contributed by atoms with Crippen LogP contribution < -0.4 is 0 Å². The van der Waals surface area contributed by atoms with Gasteiger partial charge in [-0.15, -0.1) is 11.3 Å². The Morgan fingerprint density at radius 1 is 1.44 bits per heavy atom. The summed E-state index contributed by atoms with van der Waals surface area (Å²) < 4.78 is 1.22. The van der Waals surface area contributed by atoms with E-state index < -0.39 is 0 Å². The van der Waals surface area contributed by atoms with Gasteiger partial charge in [0.1, 0.15) is 0 Å². The summed E-state index contributed by atoms with van der Waals surface area (Å²) in [5, 5.41) is 2.19. The van der Waals surface area contributed by atoms with Crippen molar-refractivity contribution in [1.29, 1.82) is 0 Å². The smallest absolute Gasteiger partial charge is 0.0331 e. The van der Waals surface area contributed by atoms with Crippen LogP contribution in [0.4, 0.5) is 0 Å². The number of hydrogen-bond acceptors (Lipinski definition) is 2. The van der Waals surface area contributed by atoms with Gasteiger partial charge in [0.25, 0.3) is 0 Å². The fourth-order valence-corrected chi connectivity index (χ4v) is 4.63. The molecule has 0 aromatic carbocycles. The summed E-state index contributed by atoms with van der Waals surface area (Å²) >= 11 is 9.14. The predicted octanol–water partition coefficient (Wildman–Crippen LogP) is 5.43. The Labute approximate surface area is 131 Å². The van der Waals surface area contributed by atoms with E-state index in [1.54, 1.807) is 0 Å². The average Bonchev–Trinajstić information content (AvgIpc) is 2.58. The van der Waals surface area contributed by atoms with E-state index in [4.69, 9.17) is 0 Å². The van der Waals surface area contributed by atoms with E-state index >= 15 is 0 Å². The predicted molar refractivity (Wildman–Crippen MR) is 87.7 cm³/mol. The van der Waals surface area contributed by atoms with Crippen LogP contribution in [0, 0.1) is 0 Å². The lowest BCUT2D eigenvalue weighted by molar-refractivity contribution is 0.184. The number of nitrogens with zero attached hydrogens (tertiary/aromatic N) is 1. The van der Waals surface area contributed by atoms with Gasteiger partial charge in [-0.05, 0) is 47.8 Å². The van der Waals surface area contributed by atoms with Crippen molar-refractivity contribution in [1.82, 2.24) is 4.90 Å². The van der Waals surface area contributed by atoms with Gasteiger partial charge in [-0.25, -0.2) is 0 Å². The molecule has 1 aromatic rings. The van der Waals surface area contributed by atoms with Crippen LogP contribution in [0.25, 0.3) is 0 Å². The molecule has 0 N–H and O–H groups in total. The van der Waals surface area contributed by atoms with Crippen LogP contribution in [0.2, 0.25) is 0 Å². The molecule has 2 atom stereocenters. The summed E-state index contributed by atoms with van der Waals surface area (Å²) in [5.74, 6) is 0. The molecule has 18 heavy (non-hydrogen) atoms. The highest BCUT2D eigenvalue weighted by atomic mass is 79.9. The molecule has 1 aliphatic rings. The van der Waals surface area contributed by atoms with Gasteiger partial charge in [0, 0.05) is 32.1 Å². The molecule has 1 saturated heterocycles. The molecule has 2 rings (SSSR count). The number of rotatable bonds is 4. The largest absolute Gasteiger partial charge is 0.295 e. The molecule has 0 amide bonds. The molecule has 1 aromatic heterocycles. The van der Waals surface area contributed by atoms with Crippen molar-refractivity contribution in [2.45, 2.75) is 56.4 Å². The lowest BCUT2D eigenvalue weighted by Crippen LogP contribution is -2.35. The third-order valence-electron chi connectivity index (χ3n) is 3.58. The standard InChI is InChI=1S/C14H21Br2NS/c1-11(15)7-13-5-3-2-4-6-17(13)9-14-8-12(16)10-18-14/h8,10-11,13H,2-7,9H2,1H3. The quantitative estimate of drug-likeness (QED) is 0.615. The molecule has 0 bridgehead atoms. The average molecular weight is 395 g/mol. The van der Waals surface area contributed by atoms with Crippen molar-refractivity contribution in [2.24, 2.45) is 0 Å². The molecule has 0 aliphatic carbocycles. The molecule has 0 spiro atoms. The Balaban J connectivity index is 2.00. The van der Waals surface area contributed by atoms with E-state index in [2.05, 4.69) is 55.1 Å². The Hall–Kier alpha value is 0.620. The minimum absolute atomic E-state index is 0.623. The Morgan fingerprint density at radius 2 is 2.28 bits per heavy atom. The van der Waals surface area contributed by atoms with Crippen molar-refractivity contribution >= 4 is 43.2 Å². The summed E-state index contributed by atoms with van der Waals surface area (Å²) in [4.78, 5) is 4.80. The van der Waals surface area contributed by atoms with Crippen LogP contribution >= 0.6 is 43.2 Å². The van der Waals surface area contributed by atoms with Gasteiger partial charge >= 0.3 is 0 Å². The zero-order chi connectivity index (χ0) is 13.0. The molecular weight excluding hydrogens is 374 g/mol. The molecule has 1 nitrogen and oxygen atoms in total. The molecule has 0 saturated carbocycles. The van der Waals surface area contributed by atoms with Crippen LogP contribution in [0.1, 0.15) is 43.9 Å². The van der Waals surface area contributed by atoms with Crippen molar-refractivity contribution in [3.05, 3.63) is 20.8 Å². The van der Waals surface area contributed by atoms with Crippen LogP contribution in [0.15, 0.2) is 15.9 Å². The lowest BCUT2D eigenvalue weighted by atomic mass is 10.1. The Morgan fingerprint density at radius 3 is 2.94 bits per heavy atom. The fraction of sp³-hybridized carbons (Fsp3) is 0.714. The summed E-state index contributed by atoms with van der Waals surface area (Å²) in [7, 11) is 0. The first-order chi connectivity index (χ1) is 8.65. The second-order valence-electron chi connectivity index (χ2n) is 5.22. The topological polar surface area (TPSA) is 3.24 Å². The van der Waals surface area contributed by atoms with Crippen molar-refractivity contribution < 1.29 is 0 Å². The van der Waals surface area contributed by atoms with Gasteiger partial charge in [0.05, 0.1) is 0 Å². The first-order valence-corrected chi connectivity index (χ1v) is 9.35. The third kappa shape index (κ3) is 4.62. The maximum Gasteiger partial charge on any atom is 0.0331 e. The van der Waals surface area contributed by atoms with Crippen LogP contribution in [0.3, 0.4) is 0 Å². The van der Waals surface area contributed by atoms with E-state index in [1.165, 1.54) is 48.0 Å². The lowest BCUT2D eigenvalue weighted by Gasteiger charge is -2.30. The summed E-state index contributed by atoms with van der Waals surface area (Å²) in [6.45, 7) is 4.66. The first kappa shape index (κ1) is 15.0. The number of halogens is 2. The second kappa shape index (κ2) is 7.41. The highest BCUT2D eigenvalue weighted by Crippen LogP contribution is 2.27. The molecule has 4 heteroatoms. The Bertz CT molecular complexity index is 364. The normalized spacial score (nSPS) is 23.8. The van der Waals surface area contributed by atoms with Gasteiger partial charge in [0.15, 0.2) is 0 Å². The number of hydrogen-bond donors (Lipinski definition) is 0. The van der Waals surface area contributed by atoms with Gasteiger partial charge in [-0.3, -0.25) is 4.90 Å². The monoisotopic (exact) mass is 393 g/mol. The van der Waals surface area contributed by atoms with Crippen LogP contribution in [-0.2, 0) is 6.54 Å². The number of thiophene rings is 1. The van der Waals surface area contributed by atoms with E-state index in [-0.39, 0.29) is 0 Å². The zero-order valence-corrected chi connectivity index (χ0v) is 14.9. The molecular formula is C14H21Br2NS. The summed E-state index contributed by atoms with van der Waals surface area (Å²) in [6, 6.07) is 3.02. The SMILES string of the molecule is CC(Br)CC1CCCCCN1Cc1cc(Br)cs1. The van der Waals surface area contributed by atoms with Crippen molar-refractivity contribution in [2.75, 3.05) is 6.54 Å². The van der Waals surface area contributed by atoms with E-state index in [0.29, 0.717) is 4.83 Å². The van der Waals surface area contributed by atoms with Gasteiger partial charge in [-0.2, -0.15) is 0 Å². The number of likely N-dealkylation sites (tertiary alicyclic amines) is 1. The fourth-order valence-electron chi connectivity index (χ4n) is 2.72. The highest BCUT2D eigenvalue weighted by molar-refractivity contribution is 9.10. The molecule has 2 unspecified atom stereocenters. The second-order valence-corrected chi connectivity index (χ2v) is 8.70. The minimum atomic E-state index is 0.623. The highest BCUT2D eigenvalue weighted by Gasteiger charge is 2.22. The summed E-state index contributed by atoms with van der Waals surface area (Å²) in [6.07, 6.45) is 6.79. The van der Waals surface area contributed by atoms with E-state index in [1.807, 2.05) is 11.3 Å². The van der Waals surface area contributed by atoms with E-state index in [9.17, 15) is 0 Å². The minimum Gasteiger partial charge on any atom is -0.295 e. The molecule has 1 aliphatic heterocycles. The maximum absolute atomic E-state index is 3.72. The van der Waals surface area contributed by atoms with Crippen LogP contribution in [-0.4, -0.2) is 22.3 Å². The molecule has 1 fully saturated rings. The maximum atomic E-state index is 3.72. The molecule has 102 valence electrons. The van der Waals surface area contributed by atoms with Crippen LogP contribution in [0.5, 0.6) is 0 Å². The van der Waals surface area contributed by atoms with Gasteiger partial charge < -0.3 is 0 Å². The van der Waals surface area contributed by atoms with Gasteiger partial charge in [-0.1, -0.05) is 35.7 Å². The van der Waals surface area contributed by atoms with Crippen molar-refractivity contribution in [3.8, 4) is 0 Å². The molecule has 0 radical (unpaired) electrons. The zero-order valence-electron chi connectivity index (χ0n) is 10.9. The number of alkyl halides is 1.